The molecule has 0 amide bonds. The molecular formula is C12H8ClIN4. The number of hydrogen-bond acceptors (Lipinski definition) is 3. The van der Waals surface area contributed by atoms with Crippen LogP contribution in [0.3, 0.4) is 0 Å². The van der Waals surface area contributed by atoms with Crippen LogP contribution in [0.2, 0.25) is 5.15 Å². The molecule has 6 heteroatoms. The molecule has 0 aliphatic carbocycles. The Morgan fingerprint density at radius 2 is 2.11 bits per heavy atom. The van der Waals surface area contributed by atoms with E-state index in [1.165, 1.54) is 9.13 Å². The fourth-order valence-corrected chi connectivity index (χ4v) is 2.52. The third kappa shape index (κ3) is 1.87. The second-order valence-corrected chi connectivity index (χ2v) is 5.37. The topological polar surface area (TPSA) is 43.1 Å². The largest absolute Gasteiger partial charge is 0.265 e. The summed E-state index contributed by atoms with van der Waals surface area (Å²) >= 11 is 8.15. The molecule has 90 valence electrons. The molecular weight excluding hydrogens is 363 g/mol. The summed E-state index contributed by atoms with van der Waals surface area (Å²) in [5, 5.41) is 8.75. The molecule has 3 aromatic rings. The molecule has 18 heavy (non-hydrogen) atoms. The van der Waals surface area contributed by atoms with Crippen molar-refractivity contribution in [3.8, 4) is 11.4 Å². The molecule has 0 unspecified atom stereocenters. The molecule has 0 radical (unpaired) electrons. The number of aryl methyl sites for hydroxylation is 1. The third-order valence-corrected chi connectivity index (χ3v) is 4.34. The van der Waals surface area contributed by atoms with Gasteiger partial charge in [0, 0.05) is 15.2 Å². The van der Waals surface area contributed by atoms with Crippen LogP contribution in [-0.4, -0.2) is 19.6 Å². The Labute approximate surface area is 122 Å². The van der Waals surface area contributed by atoms with Gasteiger partial charge in [0.2, 0.25) is 0 Å². The van der Waals surface area contributed by atoms with E-state index in [1.54, 1.807) is 12.4 Å². The minimum absolute atomic E-state index is 0.417. The average Bonchev–Trinajstić information content (AvgIpc) is 2.75. The summed E-state index contributed by atoms with van der Waals surface area (Å²) < 4.78 is 3.00. The quantitative estimate of drug-likeness (QED) is 0.487. The summed E-state index contributed by atoms with van der Waals surface area (Å²) in [5.41, 5.74) is 2.96. The van der Waals surface area contributed by atoms with E-state index in [2.05, 4.69) is 50.8 Å². The van der Waals surface area contributed by atoms with Crippen molar-refractivity contribution in [1.29, 1.82) is 0 Å². The van der Waals surface area contributed by atoms with Gasteiger partial charge in [-0.1, -0.05) is 29.8 Å². The maximum atomic E-state index is 5.84. The van der Waals surface area contributed by atoms with Crippen LogP contribution in [0.15, 0.2) is 30.6 Å². The molecule has 0 saturated carbocycles. The second kappa shape index (κ2) is 4.47. The van der Waals surface area contributed by atoms with E-state index in [-0.39, 0.29) is 0 Å². The number of nitrogens with zero attached hydrogens (tertiary/aromatic N) is 4. The fraction of sp³-hybridized carbons (Fsp3) is 0.0833. The highest BCUT2D eigenvalue weighted by Gasteiger charge is 2.12. The highest BCUT2D eigenvalue weighted by atomic mass is 127. The SMILES string of the molecule is Cc1cccc(-c2nnc3cc(Cl)ncn23)c1I. The third-order valence-electron chi connectivity index (χ3n) is 2.70. The Bertz CT molecular complexity index is 738. The Balaban J connectivity index is 2.29. The Kier molecular flexibility index (Phi) is 2.95. The lowest BCUT2D eigenvalue weighted by atomic mass is 10.1. The number of hydrogen-bond donors (Lipinski definition) is 0. The molecule has 0 bridgehead atoms. The Hall–Kier alpha value is -1.21. The van der Waals surface area contributed by atoms with Crippen LogP contribution < -0.4 is 0 Å². The van der Waals surface area contributed by atoms with E-state index >= 15 is 0 Å². The van der Waals surface area contributed by atoms with Crippen LogP contribution >= 0.6 is 34.2 Å². The van der Waals surface area contributed by atoms with Gasteiger partial charge in [-0.05, 0) is 35.1 Å². The minimum Gasteiger partial charge on any atom is -0.265 e. The van der Waals surface area contributed by atoms with Crippen molar-refractivity contribution in [2.45, 2.75) is 6.92 Å². The zero-order valence-corrected chi connectivity index (χ0v) is 12.3. The van der Waals surface area contributed by atoms with E-state index in [1.807, 2.05) is 16.5 Å². The predicted molar refractivity (Wildman–Crippen MR) is 78.7 cm³/mol. The number of fused-ring (bicyclic) bond motifs is 1. The normalized spacial score (nSPS) is 11.1. The summed E-state index contributed by atoms with van der Waals surface area (Å²) in [6.07, 6.45) is 1.64. The van der Waals surface area contributed by atoms with Gasteiger partial charge in [0.1, 0.15) is 11.5 Å². The van der Waals surface area contributed by atoms with Gasteiger partial charge < -0.3 is 0 Å². The lowest BCUT2D eigenvalue weighted by molar-refractivity contribution is 1.08. The first kappa shape index (κ1) is 11.9. The molecule has 0 spiro atoms. The van der Waals surface area contributed by atoms with Crippen LogP contribution in [0.1, 0.15) is 5.56 Å². The van der Waals surface area contributed by atoms with Gasteiger partial charge in [-0.25, -0.2) is 4.98 Å². The van der Waals surface area contributed by atoms with Crippen molar-refractivity contribution in [3.63, 3.8) is 0 Å². The number of halogens is 2. The highest BCUT2D eigenvalue weighted by molar-refractivity contribution is 14.1. The zero-order valence-electron chi connectivity index (χ0n) is 9.43. The lowest BCUT2D eigenvalue weighted by Crippen LogP contribution is -1.94. The molecule has 0 N–H and O–H groups in total. The van der Waals surface area contributed by atoms with Gasteiger partial charge in [-0.2, -0.15) is 0 Å². The summed E-state index contributed by atoms with van der Waals surface area (Å²) in [6, 6.07) is 7.81. The molecule has 0 aliphatic rings. The van der Waals surface area contributed by atoms with E-state index < -0.39 is 0 Å². The Morgan fingerprint density at radius 1 is 1.28 bits per heavy atom. The maximum absolute atomic E-state index is 5.84. The molecule has 3 rings (SSSR count). The van der Waals surface area contributed by atoms with Crippen LogP contribution in [-0.2, 0) is 0 Å². The van der Waals surface area contributed by atoms with E-state index in [9.17, 15) is 0 Å². The fourth-order valence-electron chi connectivity index (χ4n) is 1.78. The summed E-state index contributed by atoms with van der Waals surface area (Å²) in [4.78, 5) is 4.06. The lowest BCUT2D eigenvalue weighted by Gasteiger charge is -2.05. The van der Waals surface area contributed by atoms with Crippen LogP contribution in [0.25, 0.3) is 17.0 Å². The first-order valence-electron chi connectivity index (χ1n) is 5.28. The van der Waals surface area contributed by atoms with E-state index in [0.717, 1.165) is 11.4 Å². The van der Waals surface area contributed by atoms with Gasteiger partial charge in [-0.15, -0.1) is 10.2 Å². The van der Waals surface area contributed by atoms with E-state index in [4.69, 9.17) is 11.6 Å². The summed E-state index contributed by atoms with van der Waals surface area (Å²) in [6.45, 7) is 2.07. The Morgan fingerprint density at radius 3 is 2.94 bits per heavy atom. The summed E-state index contributed by atoms with van der Waals surface area (Å²) in [7, 11) is 0. The van der Waals surface area contributed by atoms with Crippen LogP contribution in [0.5, 0.6) is 0 Å². The molecule has 0 saturated heterocycles. The van der Waals surface area contributed by atoms with Gasteiger partial charge in [0.15, 0.2) is 11.5 Å². The van der Waals surface area contributed by atoms with Crippen molar-refractivity contribution >= 4 is 39.8 Å². The number of rotatable bonds is 1. The van der Waals surface area contributed by atoms with Crippen molar-refractivity contribution in [2.75, 3.05) is 0 Å². The first-order valence-corrected chi connectivity index (χ1v) is 6.74. The van der Waals surface area contributed by atoms with Crippen LogP contribution in [0, 0.1) is 10.5 Å². The number of aromatic nitrogens is 4. The molecule has 0 atom stereocenters. The van der Waals surface area contributed by atoms with Gasteiger partial charge in [0.05, 0.1) is 0 Å². The molecule has 1 aromatic carbocycles. The highest BCUT2D eigenvalue weighted by Crippen LogP contribution is 2.26. The summed E-state index contributed by atoms with van der Waals surface area (Å²) in [5.74, 6) is 0.780. The smallest absolute Gasteiger partial charge is 0.170 e. The maximum Gasteiger partial charge on any atom is 0.170 e. The standard InChI is InChI=1S/C12H8ClIN4/c1-7-3-2-4-8(11(7)14)12-17-16-10-5-9(13)15-6-18(10)12/h2-6H,1H3. The van der Waals surface area contributed by atoms with Crippen molar-refractivity contribution < 1.29 is 0 Å². The van der Waals surface area contributed by atoms with Crippen LogP contribution in [0.4, 0.5) is 0 Å². The number of benzene rings is 1. The molecule has 2 heterocycles. The van der Waals surface area contributed by atoms with Crippen molar-refractivity contribution in [3.05, 3.63) is 44.9 Å². The molecule has 0 aliphatic heterocycles. The average molecular weight is 371 g/mol. The first-order chi connectivity index (χ1) is 8.66. The van der Waals surface area contributed by atoms with Gasteiger partial charge in [-0.3, -0.25) is 4.40 Å². The van der Waals surface area contributed by atoms with E-state index in [0.29, 0.717) is 10.8 Å². The molecule has 4 nitrogen and oxygen atoms in total. The minimum atomic E-state index is 0.417. The van der Waals surface area contributed by atoms with Crippen molar-refractivity contribution in [2.24, 2.45) is 0 Å². The van der Waals surface area contributed by atoms with Crippen molar-refractivity contribution in [1.82, 2.24) is 19.6 Å². The monoisotopic (exact) mass is 370 g/mol. The van der Waals surface area contributed by atoms with Gasteiger partial charge in [0.25, 0.3) is 0 Å². The zero-order chi connectivity index (χ0) is 12.7. The second-order valence-electron chi connectivity index (χ2n) is 3.90. The molecule has 0 fully saturated rings. The molecule has 2 aromatic heterocycles. The van der Waals surface area contributed by atoms with Gasteiger partial charge >= 0.3 is 0 Å². The predicted octanol–water partition coefficient (Wildman–Crippen LogP) is 3.36.